The summed E-state index contributed by atoms with van der Waals surface area (Å²) in [6.45, 7) is 1.84. The molecular weight excluding hydrogens is 306 g/mol. The van der Waals surface area contributed by atoms with E-state index in [1.165, 1.54) is 12.8 Å². The predicted molar refractivity (Wildman–Crippen MR) is 86.8 cm³/mol. The average Bonchev–Trinajstić information content (AvgIpc) is 3.23. The first-order valence-electron chi connectivity index (χ1n) is 8.50. The normalized spacial score (nSPS) is 19.3. The zero-order valence-corrected chi connectivity index (χ0v) is 13.6. The lowest BCUT2D eigenvalue weighted by atomic mass is 9.97. The van der Waals surface area contributed by atoms with Gasteiger partial charge < -0.3 is 13.9 Å². The zero-order valence-electron chi connectivity index (χ0n) is 13.6. The number of imidazole rings is 1. The number of nitrogens with zero attached hydrogens (tertiary/aromatic N) is 7. The minimum absolute atomic E-state index is 0.352. The van der Waals surface area contributed by atoms with Crippen molar-refractivity contribution in [2.45, 2.75) is 37.5 Å². The second-order valence-corrected chi connectivity index (χ2v) is 6.74. The van der Waals surface area contributed by atoms with Crippen LogP contribution in [0.25, 0.3) is 11.2 Å². The Morgan fingerprint density at radius 1 is 0.958 bits per heavy atom. The summed E-state index contributed by atoms with van der Waals surface area (Å²) in [6.07, 6.45) is 7.75. The molecule has 3 aromatic heterocycles. The molecule has 0 radical (unpaired) electrons. The van der Waals surface area contributed by atoms with E-state index in [1.807, 2.05) is 11.6 Å². The van der Waals surface area contributed by atoms with Crippen LogP contribution in [-0.2, 0) is 7.05 Å². The highest BCUT2D eigenvalue weighted by Gasteiger charge is 2.32. The molecule has 2 aliphatic rings. The monoisotopic (exact) mass is 325 g/mol. The molecule has 8 nitrogen and oxygen atoms in total. The van der Waals surface area contributed by atoms with Gasteiger partial charge in [-0.3, -0.25) is 0 Å². The molecule has 0 bridgehead atoms. The molecule has 24 heavy (non-hydrogen) atoms. The first kappa shape index (κ1) is 13.9. The lowest BCUT2D eigenvalue weighted by Gasteiger charge is -2.31. The fourth-order valence-corrected chi connectivity index (χ4v) is 3.45. The molecule has 2 fully saturated rings. The van der Waals surface area contributed by atoms with Crippen molar-refractivity contribution in [1.82, 2.24) is 29.7 Å². The van der Waals surface area contributed by atoms with Crippen LogP contribution in [0.3, 0.4) is 0 Å². The lowest BCUT2D eigenvalue weighted by Crippen LogP contribution is -2.34. The number of hydrogen-bond donors (Lipinski definition) is 0. The van der Waals surface area contributed by atoms with Crippen molar-refractivity contribution < 1.29 is 4.42 Å². The maximum atomic E-state index is 5.88. The molecule has 0 N–H and O–H groups in total. The Hall–Kier alpha value is -2.51. The van der Waals surface area contributed by atoms with Gasteiger partial charge in [-0.1, -0.05) is 0 Å². The van der Waals surface area contributed by atoms with Gasteiger partial charge >= 0.3 is 0 Å². The van der Waals surface area contributed by atoms with Gasteiger partial charge in [0.05, 0.1) is 6.33 Å². The van der Waals surface area contributed by atoms with Crippen molar-refractivity contribution in [2.24, 2.45) is 7.05 Å². The summed E-state index contributed by atoms with van der Waals surface area (Å²) in [5, 5.41) is 8.49. The molecule has 0 unspecified atom stereocenters. The van der Waals surface area contributed by atoms with E-state index in [1.54, 1.807) is 12.7 Å². The summed E-state index contributed by atoms with van der Waals surface area (Å²) in [6, 6.07) is 0. The van der Waals surface area contributed by atoms with E-state index in [2.05, 4.69) is 30.0 Å². The molecule has 4 heterocycles. The fourth-order valence-electron chi connectivity index (χ4n) is 3.45. The number of hydrogen-bond acceptors (Lipinski definition) is 7. The standard InChI is InChI=1S/C16H19N7O/c1-22-9-19-13-12(22)14(18-8-17-13)23-6-4-11(5-7-23)16-21-20-15(24-16)10-2-3-10/h8-11H,2-7H2,1H3. The highest BCUT2D eigenvalue weighted by atomic mass is 16.4. The highest BCUT2D eigenvalue weighted by Crippen LogP contribution is 2.40. The van der Waals surface area contributed by atoms with Crippen LogP contribution in [-0.4, -0.2) is 42.8 Å². The van der Waals surface area contributed by atoms with Crippen molar-refractivity contribution in [1.29, 1.82) is 0 Å². The third kappa shape index (κ3) is 2.24. The first-order valence-corrected chi connectivity index (χ1v) is 8.50. The fraction of sp³-hybridized carbons (Fsp3) is 0.562. The molecule has 0 atom stereocenters. The van der Waals surface area contributed by atoms with E-state index in [0.29, 0.717) is 11.8 Å². The Bertz CT molecular complexity index is 874. The van der Waals surface area contributed by atoms with E-state index < -0.39 is 0 Å². The summed E-state index contributed by atoms with van der Waals surface area (Å²) >= 11 is 0. The van der Waals surface area contributed by atoms with Crippen LogP contribution in [0.1, 0.15) is 49.3 Å². The Labute approximate surface area is 138 Å². The molecule has 124 valence electrons. The van der Waals surface area contributed by atoms with Gasteiger partial charge in [-0.15, -0.1) is 10.2 Å². The Kier molecular flexibility index (Phi) is 3.04. The number of aromatic nitrogens is 6. The van der Waals surface area contributed by atoms with Gasteiger partial charge in [0.25, 0.3) is 0 Å². The summed E-state index contributed by atoms with van der Waals surface area (Å²) in [4.78, 5) is 15.4. The number of piperidine rings is 1. The molecule has 8 heteroatoms. The summed E-state index contributed by atoms with van der Waals surface area (Å²) in [7, 11) is 1.98. The van der Waals surface area contributed by atoms with E-state index >= 15 is 0 Å². The maximum absolute atomic E-state index is 5.88. The summed E-state index contributed by atoms with van der Waals surface area (Å²) in [5.74, 6) is 3.47. The van der Waals surface area contributed by atoms with Gasteiger partial charge in [-0.05, 0) is 25.7 Å². The molecule has 1 aliphatic carbocycles. The van der Waals surface area contributed by atoms with Crippen LogP contribution in [0.5, 0.6) is 0 Å². The van der Waals surface area contributed by atoms with E-state index in [4.69, 9.17) is 4.42 Å². The van der Waals surface area contributed by atoms with Gasteiger partial charge in [-0.2, -0.15) is 0 Å². The zero-order chi connectivity index (χ0) is 16.1. The molecule has 3 aromatic rings. The minimum atomic E-state index is 0.352. The molecule has 0 spiro atoms. The van der Waals surface area contributed by atoms with Crippen molar-refractivity contribution in [3.8, 4) is 0 Å². The first-order chi connectivity index (χ1) is 11.8. The Balaban J connectivity index is 1.34. The third-order valence-corrected chi connectivity index (χ3v) is 5.02. The maximum Gasteiger partial charge on any atom is 0.219 e. The van der Waals surface area contributed by atoms with Gasteiger partial charge in [0, 0.05) is 32.0 Å². The van der Waals surface area contributed by atoms with E-state index in [0.717, 1.165) is 54.7 Å². The topological polar surface area (TPSA) is 85.8 Å². The van der Waals surface area contributed by atoms with Crippen LogP contribution >= 0.6 is 0 Å². The van der Waals surface area contributed by atoms with Gasteiger partial charge in [0.1, 0.15) is 11.8 Å². The molecule has 0 aromatic carbocycles. The van der Waals surface area contributed by atoms with Gasteiger partial charge in [0.2, 0.25) is 11.8 Å². The number of rotatable bonds is 3. The molecular formula is C16H19N7O. The second-order valence-electron chi connectivity index (χ2n) is 6.74. The predicted octanol–water partition coefficient (Wildman–Crippen LogP) is 2.01. The summed E-state index contributed by atoms with van der Waals surface area (Å²) < 4.78 is 7.87. The van der Waals surface area contributed by atoms with E-state index in [-0.39, 0.29) is 0 Å². The van der Waals surface area contributed by atoms with Crippen LogP contribution < -0.4 is 4.90 Å². The molecule has 1 saturated heterocycles. The number of anilines is 1. The smallest absolute Gasteiger partial charge is 0.219 e. The SMILES string of the molecule is Cn1cnc2ncnc(N3CCC(c4nnc(C5CC5)o4)CC3)c21. The van der Waals surface area contributed by atoms with Crippen LogP contribution in [0.4, 0.5) is 5.82 Å². The third-order valence-electron chi connectivity index (χ3n) is 5.02. The van der Waals surface area contributed by atoms with Crippen molar-refractivity contribution in [2.75, 3.05) is 18.0 Å². The van der Waals surface area contributed by atoms with Crippen molar-refractivity contribution in [3.63, 3.8) is 0 Å². The van der Waals surface area contributed by atoms with Crippen LogP contribution in [0.2, 0.25) is 0 Å². The molecule has 5 rings (SSSR count). The number of aryl methyl sites for hydroxylation is 1. The van der Waals surface area contributed by atoms with Crippen molar-refractivity contribution in [3.05, 3.63) is 24.4 Å². The molecule has 0 amide bonds. The van der Waals surface area contributed by atoms with E-state index in [9.17, 15) is 0 Å². The van der Waals surface area contributed by atoms with Crippen LogP contribution in [0, 0.1) is 0 Å². The van der Waals surface area contributed by atoms with Crippen LogP contribution in [0.15, 0.2) is 17.1 Å². The average molecular weight is 325 g/mol. The van der Waals surface area contributed by atoms with Crippen molar-refractivity contribution >= 4 is 17.0 Å². The summed E-state index contributed by atoms with van der Waals surface area (Å²) in [5.41, 5.74) is 1.74. The molecule has 1 saturated carbocycles. The Morgan fingerprint density at radius 2 is 1.67 bits per heavy atom. The largest absolute Gasteiger partial charge is 0.425 e. The highest BCUT2D eigenvalue weighted by molar-refractivity contribution is 5.83. The van der Waals surface area contributed by atoms with Gasteiger partial charge in [0.15, 0.2) is 11.5 Å². The quantitative estimate of drug-likeness (QED) is 0.728. The van der Waals surface area contributed by atoms with Gasteiger partial charge in [-0.25, -0.2) is 15.0 Å². The number of fused-ring (bicyclic) bond motifs is 1. The molecule has 1 aliphatic heterocycles. The Morgan fingerprint density at radius 3 is 2.38 bits per heavy atom. The minimum Gasteiger partial charge on any atom is -0.425 e. The lowest BCUT2D eigenvalue weighted by molar-refractivity contribution is 0.375. The second kappa shape index (κ2) is 5.25.